The molecule has 1 amide bonds. The third kappa shape index (κ3) is 2.15. The molecule has 5 nitrogen and oxygen atoms in total. The normalized spacial score (nSPS) is 22.9. The molecule has 2 rings (SSSR count). The lowest BCUT2D eigenvalue weighted by Crippen LogP contribution is -2.25. The molecule has 0 saturated carbocycles. The number of rotatable bonds is 3. The molecule has 0 aromatic carbocycles. The van der Waals surface area contributed by atoms with Crippen molar-refractivity contribution in [1.29, 1.82) is 0 Å². The summed E-state index contributed by atoms with van der Waals surface area (Å²) in [6.07, 6.45) is 0.961. The molecule has 1 aromatic heterocycles. The molecule has 1 fully saturated rings. The summed E-state index contributed by atoms with van der Waals surface area (Å²) in [4.78, 5) is 19.9. The highest BCUT2D eigenvalue weighted by Gasteiger charge is 2.30. The Kier molecular flexibility index (Phi) is 2.96. The number of hydrogen-bond acceptors (Lipinski definition) is 4. The van der Waals surface area contributed by atoms with Crippen LogP contribution in [0.3, 0.4) is 0 Å². The van der Waals surface area contributed by atoms with E-state index in [0.717, 1.165) is 12.1 Å². The van der Waals surface area contributed by atoms with Crippen LogP contribution in [0.5, 0.6) is 0 Å². The molecule has 2 heterocycles. The SMILES string of the molecule is CCCN=C1NC(=O)C(c2cscn2)N1. The zero-order valence-corrected chi connectivity index (χ0v) is 9.17. The van der Waals surface area contributed by atoms with Crippen LogP contribution in [0.25, 0.3) is 0 Å². The van der Waals surface area contributed by atoms with Crippen molar-refractivity contribution < 1.29 is 4.79 Å². The summed E-state index contributed by atoms with van der Waals surface area (Å²) in [6.45, 7) is 2.76. The minimum atomic E-state index is -0.383. The van der Waals surface area contributed by atoms with Crippen LogP contribution in [0.4, 0.5) is 0 Å². The van der Waals surface area contributed by atoms with Crippen molar-refractivity contribution in [2.75, 3.05) is 6.54 Å². The molecule has 1 aliphatic heterocycles. The first-order chi connectivity index (χ1) is 7.31. The fourth-order valence-electron chi connectivity index (χ4n) is 1.31. The Labute approximate surface area is 91.6 Å². The lowest BCUT2D eigenvalue weighted by Gasteiger charge is -2.02. The Hall–Kier alpha value is -1.43. The topological polar surface area (TPSA) is 66.4 Å². The highest BCUT2D eigenvalue weighted by Crippen LogP contribution is 2.15. The number of hydrogen-bond donors (Lipinski definition) is 2. The van der Waals surface area contributed by atoms with Crippen molar-refractivity contribution in [3.05, 3.63) is 16.6 Å². The van der Waals surface area contributed by atoms with Gasteiger partial charge in [-0.15, -0.1) is 11.3 Å². The fourth-order valence-corrected chi connectivity index (χ4v) is 1.89. The van der Waals surface area contributed by atoms with Gasteiger partial charge in [-0.1, -0.05) is 6.92 Å². The predicted octanol–water partition coefficient (Wildman–Crippen LogP) is 0.670. The van der Waals surface area contributed by atoms with Crippen LogP contribution in [-0.2, 0) is 4.79 Å². The van der Waals surface area contributed by atoms with Gasteiger partial charge in [0.2, 0.25) is 0 Å². The van der Waals surface area contributed by atoms with E-state index in [-0.39, 0.29) is 11.9 Å². The quantitative estimate of drug-likeness (QED) is 0.793. The molecule has 1 aliphatic rings. The van der Waals surface area contributed by atoms with E-state index in [1.807, 2.05) is 12.3 Å². The second kappa shape index (κ2) is 4.39. The van der Waals surface area contributed by atoms with Gasteiger partial charge in [-0.3, -0.25) is 15.1 Å². The summed E-state index contributed by atoms with van der Waals surface area (Å²) in [7, 11) is 0. The lowest BCUT2D eigenvalue weighted by atomic mass is 10.2. The van der Waals surface area contributed by atoms with E-state index in [2.05, 4.69) is 20.6 Å². The maximum atomic E-state index is 11.6. The molecular formula is C9H12N4OS. The van der Waals surface area contributed by atoms with Gasteiger partial charge in [0, 0.05) is 11.9 Å². The molecule has 0 bridgehead atoms. The van der Waals surface area contributed by atoms with Crippen molar-refractivity contribution in [3.63, 3.8) is 0 Å². The second-order valence-corrected chi connectivity index (χ2v) is 3.93. The number of guanidine groups is 1. The van der Waals surface area contributed by atoms with E-state index in [9.17, 15) is 4.79 Å². The van der Waals surface area contributed by atoms with Crippen LogP contribution in [0.15, 0.2) is 15.9 Å². The summed E-state index contributed by atoms with van der Waals surface area (Å²) in [5.41, 5.74) is 2.46. The average molecular weight is 224 g/mol. The predicted molar refractivity (Wildman–Crippen MR) is 58.7 cm³/mol. The summed E-state index contributed by atoms with van der Waals surface area (Å²) in [5.74, 6) is 0.468. The molecule has 6 heteroatoms. The molecule has 1 aromatic rings. The van der Waals surface area contributed by atoms with E-state index >= 15 is 0 Å². The Balaban J connectivity index is 2.08. The zero-order valence-electron chi connectivity index (χ0n) is 8.36. The third-order valence-corrected chi connectivity index (χ3v) is 2.63. The minimum Gasteiger partial charge on any atom is -0.339 e. The molecule has 15 heavy (non-hydrogen) atoms. The van der Waals surface area contributed by atoms with Crippen molar-refractivity contribution in [3.8, 4) is 0 Å². The van der Waals surface area contributed by atoms with E-state index < -0.39 is 0 Å². The van der Waals surface area contributed by atoms with Crippen LogP contribution in [-0.4, -0.2) is 23.4 Å². The van der Waals surface area contributed by atoms with Crippen molar-refractivity contribution >= 4 is 23.2 Å². The number of carbonyl (C=O) groups is 1. The number of nitrogens with one attached hydrogen (secondary N) is 2. The first-order valence-corrected chi connectivity index (χ1v) is 5.75. The molecule has 0 aliphatic carbocycles. The number of carbonyl (C=O) groups excluding carboxylic acids is 1. The van der Waals surface area contributed by atoms with Gasteiger partial charge in [0.05, 0.1) is 11.2 Å². The largest absolute Gasteiger partial charge is 0.339 e. The van der Waals surface area contributed by atoms with Crippen LogP contribution in [0, 0.1) is 0 Å². The maximum Gasteiger partial charge on any atom is 0.255 e. The smallest absolute Gasteiger partial charge is 0.255 e. The second-order valence-electron chi connectivity index (χ2n) is 3.21. The Morgan fingerprint density at radius 3 is 3.20 bits per heavy atom. The van der Waals surface area contributed by atoms with Crippen LogP contribution >= 0.6 is 11.3 Å². The molecule has 1 atom stereocenters. The number of thiazole rings is 1. The standard InChI is InChI=1S/C9H12N4OS/c1-2-3-10-9-12-7(8(14)13-9)6-4-15-5-11-6/h4-5,7H,2-3H2,1H3,(H2,10,12,13,14). The van der Waals surface area contributed by atoms with Gasteiger partial charge in [0.25, 0.3) is 5.91 Å². The molecule has 1 saturated heterocycles. The van der Waals surface area contributed by atoms with Crippen LogP contribution < -0.4 is 10.6 Å². The summed E-state index contributed by atoms with van der Waals surface area (Å²) < 4.78 is 0. The molecule has 0 radical (unpaired) electrons. The van der Waals surface area contributed by atoms with E-state index in [1.165, 1.54) is 11.3 Å². The maximum absolute atomic E-state index is 11.6. The third-order valence-electron chi connectivity index (χ3n) is 2.03. The average Bonchev–Trinajstić information content (AvgIpc) is 2.83. The Bertz CT molecular complexity index is 373. The number of nitrogens with zero attached hydrogens (tertiary/aromatic N) is 2. The van der Waals surface area contributed by atoms with E-state index in [4.69, 9.17) is 0 Å². The zero-order chi connectivity index (χ0) is 10.7. The Morgan fingerprint density at radius 1 is 1.67 bits per heavy atom. The van der Waals surface area contributed by atoms with Gasteiger partial charge in [0.15, 0.2) is 12.0 Å². The molecule has 80 valence electrons. The first kappa shape index (κ1) is 10.1. The highest BCUT2D eigenvalue weighted by molar-refractivity contribution is 7.07. The van der Waals surface area contributed by atoms with Crippen molar-refractivity contribution in [2.24, 2.45) is 4.99 Å². The van der Waals surface area contributed by atoms with Crippen LogP contribution in [0.2, 0.25) is 0 Å². The Morgan fingerprint density at radius 2 is 2.53 bits per heavy atom. The van der Waals surface area contributed by atoms with Crippen molar-refractivity contribution in [1.82, 2.24) is 15.6 Å². The fraction of sp³-hybridized carbons (Fsp3) is 0.444. The van der Waals surface area contributed by atoms with Gasteiger partial charge >= 0.3 is 0 Å². The molecule has 0 spiro atoms. The number of amides is 1. The van der Waals surface area contributed by atoms with Gasteiger partial charge in [-0.05, 0) is 6.42 Å². The lowest BCUT2D eigenvalue weighted by molar-refractivity contribution is -0.120. The van der Waals surface area contributed by atoms with Gasteiger partial charge in [0.1, 0.15) is 0 Å². The molecule has 1 unspecified atom stereocenters. The number of aromatic nitrogens is 1. The minimum absolute atomic E-state index is 0.0873. The van der Waals surface area contributed by atoms with Crippen LogP contribution in [0.1, 0.15) is 25.1 Å². The number of aliphatic imine (C=N–C) groups is 1. The summed E-state index contributed by atoms with van der Waals surface area (Å²) in [5, 5.41) is 7.56. The van der Waals surface area contributed by atoms with E-state index in [0.29, 0.717) is 12.5 Å². The molecule has 2 N–H and O–H groups in total. The van der Waals surface area contributed by atoms with Gasteiger partial charge in [-0.2, -0.15) is 0 Å². The van der Waals surface area contributed by atoms with Gasteiger partial charge in [-0.25, -0.2) is 4.98 Å². The summed E-state index contributed by atoms with van der Waals surface area (Å²) >= 11 is 1.48. The summed E-state index contributed by atoms with van der Waals surface area (Å²) in [6, 6.07) is -0.383. The van der Waals surface area contributed by atoms with Crippen molar-refractivity contribution in [2.45, 2.75) is 19.4 Å². The first-order valence-electron chi connectivity index (χ1n) is 4.81. The monoisotopic (exact) mass is 224 g/mol. The highest BCUT2D eigenvalue weighted by atomic mass is 32.1. The van der Waals surface area contributed by atoms with E-state index in [1.54, 1.807) is 5.51 Å². The van der Waals surface area contributed by atoms with Gasteiger partial charge < -0.3 is 5.32 Å². The molecular weight excluding hydrogens is 212 g/mol.